The van der Waals surface area contributed by atoms with Gasteiger partial charge in [0.05, 0.1) is 25.4 Å². The molecular formula is C22H24ClNO4. The van der Waals surface area contributed by atoms with Crippen molar-refractivity contribution in [1.82, 2.24) is 0 Å². The first kappa shape index (κ1) is 19.2. The molecule has 5 nitrogen and oxygen atoms in total. The topological polar surface area (TPSA) is 48.0 Å². The lowest BCUT2D eigenvalue weighted by atomic mass is 10.0. The fourth-order valence-corrected chi connectivity index (χ4v) is 3.99. The van der Waals surface area contributed by atoms with E-state index in [4.69, 9.17) is 25.8 Å². The van der Waals surface area contributed by atoms with Gasteiger partial charge in [-0.15, -0.1) is 0 Å². The molecule has 28 heavy (non-hydrogen) atoms. The summed E-state index contributed by atoms with van der Waals surface area (Å²) < 4.78 is 17.6. The van der Waals surface area contributed by atoms with Crippen LogP contribution < -0.4 is 9.64 Å². The number of benzene rings is 2. The van der Waals surface area contributed by atoms with Crippen LogP contribution in [0.2, 0.25) is 5.02 Å². The van der Waals surface area contributed by atoms with E-state index in [0.29, 0.717) is 42.9 Å². The van der Waals surface area contributed by atoms with E-state index in [1.807, 2.05) is 19.1 Å². The number of ether oxygens (including phenoxy) is 3. The number of anilines is 1. The van der Waals surface area contributed by atoms with Crippen LogP contribution in [0.4, 0.5) is 5.69 Å². The molecule has 6 heteroatoms. The number of amides is 1. The van der Waals surface area contributed by atoms with Gasteiger partial charge < -0.3 is 19.1 Å². The second kappa shape index (κ2) is 7.39. The molecular weight excluding hydrogens is 378 g/mol. The Bertz CT molecular complexity index is 905. The van der Waals surface area contributed by atoms with E-state index >= 15 is 0 Å². The predicted octanol–water partition coefficient (Wildman–Crippen LogP) is 4.40. The van der Waals surface area contributed by atoms with Crippen LogP contribution in [-0.2, 0) is 20.1 Å². The molecule has 148 valence electrons. The summed E-state index contributed by atoms with van der Waals surface area (Å²) in [6.07, 6.45) is 0. The number of fused-ring (bicyclic) bond motifs is 2. The first-order valence-electron chi connectivity index (χ1n) is 9.55. The fraction of sp³-hybridized carbons (Fsp3) is 0.409. The van der Waals surface area contributed by atoms with Crippen molar-refractivity contribution in [2.24, 2.45) is 0 Å². The smallest absolute Gasteiger partial charge is 0.292 e. The number of halogens is 1. The number of rotatable bonds is 5. The van der Waals surface area contributed by atoms with Crippen molar-refractivity contribution in [2.75, 3.05) is 31.3 Å². The molecule has 1 spiro atoms. The lowest BCUT2D eigenvalue weighted by molar-refractivity contribution is -0.180. The Balaban J connectivity index is 1.55. The normalized spacial score (nSPS) is 17.6. The molecule has 2 aliphatic heterocycles. The zero-order valence-corrected chi connectivity index (χ0v) is 17.1. The molecule has 0 radical (unpaired) electrons. The van der Waals surface area contributed by atoms with Crippen LogP contribution in [0.5, 0.6) is 5.75 Å². The molecule has 0 N–H and O–H groups in total. The van der Waals surface area contributed by atoms with Gasteiger partial charge in [-0.2, -0.15) is 0 Å². The molecule has 0 aliphatic carbocycles. The Morgan fingerprint density at radius 2 is 1.93 bits per heavy atom. The highest BCUT2D eigenvalue weighted by molar-refractivity contribution is 6.31. The van der Waals surface area contributed by atoms with Crippen LogP contribution in [0, 0.1) is 6.92 Å². The molecule has 0 atom stereocenters. The summed E-state index contributed by atoms with van der Waals surface area (Å²) in [4.78, 5) is 14.8. The Kier molecular flexibility index (Phi) is 5.08. The highest BCUT2D eigenvalue weighted by atomic mass is 35.5. The van der Waals surface area contributed by atoms with Crippen molar-refractivity contribution >= 4 is 23.2 Å². The van der Waals surface area contributed by atoms with Crippen LogP contribution in [0.3, 0.4) is 0 Å². The average Bonchev–Trinajstić information content (AvgIpc) is 3.23. The zero-order chi connectivity index (χ0) is 19.9. The molecule has 2 heterocycles. The second-order valence-corrected chi connectivity index (χ2v) is 7.91. The van der Waals surface area contributed by atoms with Crippen LogP contribution in [0.1, 0.15) is 36.5 Å². The SMILES string of the molecule is Cc1ccc(C(C)C)c(OCCN2C(=O)C3(OCCO3)c3cc(Cl)ccc32)c1. The summed E-state index contributed by atoms with van der Waals surface area (Å²) in [5, 5.41) is 0.546. The number of hydrogen-bond acceptors (Lipinski definition) is 4. The zero-order valence-electron chi connectivity index (χ0n) is 16.3. The van der Waals surface area contributed by atoms with Gasteiger partial charge in [-0.25, -0.2) is 0 Å². The summed E-state index contributed by atoms with van der Waals surface area (Å²) in [6.45, 7) is 7.84. The number of carbonyl (C=O) groups excluding carboxylic acids is 1. The molecule has 2 aromatic rings. The van der Waals surface area contributed by atoms with Crippen LogP contribution in [0.15, 0.2) is 36.4 Å². The lowest BCUT2D eigenvalue weighted by Crippen LogP contribution is -2.42. The predicted molar refractivity (Wildman–Crippen MR) is 108 cm³/mol. The molecule has 4 rings (SSSR count). The Morgan fingerprint density at radius 3 is 2.64 bits per heavy atom. The molecule has 0 aromatic heterocycles. The quantitative estimate of drug-likeness (QED) is 0.745. The van der Waals surface area contributed by atoms with Crippen LogP contribution >= 0.6 is 11.6 Å². The van der Waals surface area contributed by atoms with E-state index in [-0.39, 0.29) is 5.91 Å². The Labute approximate surface area is 170 Å². The number of hydrogen-bond donors (Lipinski definition) is 0. The summed E-state index contributed by atoms with van der Waals surface area (Å²) >= 11 is 6.16. The van der Waals surface area contributed by atoms with E-state index in [2.05, 4.69) is 26.0 Å². The Hall–Kier alpha value is -2.08. The van der Waals surface area contributed by atoms with Gasteiger partial charge in [-0.3, -0.25) is 4.79 Å². The van der Waals surface area contributed by atoms with Gasteiger partial charge in [0.25, 0.3) is 11.7 Å². The first-order chi connectivity index (χ1) is 13.4. The number of carbonyl (C=O) groups is 1. The minimum Gasteiger partial charge on any atom is -0.491 e. The summed E-state index contributed by atoms with van der Waals surface area (Å²) in [5.41, 5.74) is 3.72. The van der Waals surface area contributed by atoms with Gasteiger partial charge in [0.2, 0.25) is 0 Å². The molecule has 2 aromatic carbocycles. The molecule has 1 fully saturated rings. The van der Waals surface area contributed by atoms with Crippen molar-refractivity contribution in [3.05, 3.63) is 58.1 Å². The van der Waals surface area contributed by atoms with Gasteiger partial charge in [0, 0.05) is 10.6 Å². The van der Waals surface area contributed by atoms with Crippen molar-refractivity contribution in [3.8, 4) is 5.75 Å². The third kappa shape index (κ3) is 3.17. The van der Waals surface area contributed by atoms with Crippen LogP contribution in [0.25, 0.3) is 0 Å². The van der Waals surface area contributed by atoms with Crippen molar-refractivity contribution in [2.45, 2.75) is 32.5 Å². The van der Waals surface area contributed by atoms with Crippen molar-refractivity contribution < 1.29 is 19.0 Å². The Morgan fingerprint density at radius 1 is 1.18 bits per heavy atom. The van der Waals surface area contributed by atoms with E-state index in [1.54, 1.807) is 17.0 Å². The van der Waals surface area contributed by atoms with Gasteiger partial charge in [-0.1, -0.05) is 37.6 Å². The van der Waals surface area contributed by atoms with E-state index in [1.165, 1.54) is 0 Å². The summed E-state index contributed by atoms with van der Waals surface area (Å²) in [7, 11) is 0. The minimum atomic E-state index is -1.37. The maximum atomic E-state index is 13.1. The second-order valence-electron chi connectivity index (χ2n) is 7.48. The van der Waals surface area contributed by atoms with Crippen molar-refractivity contribution in [3.63, 3.8) is 0 Å². The van der Waals surface area contributed by atoms with Gasteiger partial charge in [-0.05, 0) is 48.2 Å². The third-order valence-electron chi connectivity index (χ3n) is 5.19. The highest BCUT2D eigenvalue weighted by Crippen LogP contribution is 2.46. The van der Waals surface area contributed by atoms with Gasteiger partial charge in [0.15, 0.2) is 0 Å². The fourth-order valence-electron chi connectivity index (χ4n) is 3.81. The largest absolute Gasteiger partial charge is 0.491 e. The third-order valence-corrected chi connectivity index (χ3v) is 5.42. The number of aryl methyl sites for hydroxylation is 1. The van der Waals surface area contributed by atoms with Crippen LogP contribution in [-0.4, -0.2) is 32.3 Å². The van der Waals surface area contributed by atoms with E-state index in [9.17, 15) is 4.79 Å². The number of nitrogens with zero attached hydrogens (tertiary/aromatic N) is 1. The summed E-state index contributed by atoms with van der Waals surface area (Å²) in [6, 6.07) is 11.6. The standard InChI is InChI=1S/C22H24ClNO4/c1-14(2)17-6-4-15(3)12-20(17)26-9-8-24-19-7-5-16(23)13-18(19)22(21(24)25)27-10-11-28-22/h4-7,12-14H,8-11H2,1-3H3. The van der Waals surface area contributed by atoms with E-state index in [0.717, 1.165) is 22.6 Å². The average molecular weight is 402 g/mol. The monoisotopic (exact) mass is 401 g/mol. The van der Waals surface area contributed by atoms with E-state index < -0.39 is 5.79 Å². The van der Waals surface area contributed by atoms with Gasteiger partial charge >= 0.3 is 0 Å². The lowest BCUT2D eigenvalue weighted by Gasteiger charge is -2.22. The summed E-state index contributed by atoms with van der Waals surface area (Å²) in [5.74, 6) is -0.372. The molecule has 1 saturated heterocycles. The maximum absolute atomic E-state index is 13.1. The molecule has 0 unspecified atom stereocenters. The van der Waals surface area contributed by atoms with Gasteiger partial charge in [0.1, 0.15) is 12.4 Å². The minimum absolute atomic E-state index is 0.223. The highest BCUT2D eigenvalue weighted by Gasteiger charge is 2.56. The molecule has 0 bridgehead atoms. The molecule has 2 aliphatic rings. The molecule has 1 amide bonds. The first-order valence-corrected chi connectivity index (χ1v) is 9.93. The maximum Gasteiger partial charge on any atom is 0.292 e. The van der Waals surface area contributed by atoms with Crippen molar-refractivity contribution in [1.29, 1.82) is 0 Å². The molecule has 0 saturated carbocycles.